The summed E-state index contributed by atoms with van der Waals surface area (Å²) in [5.74, 6) is -0.116. The Kier molecular flexibility index (Phi) is 5.21. The second-order valence-electron chi connectivity index (χ2n) is 3.50. The maximum atomic E-state index is 11.2. The van der Waals surface area contributed by atoms with Crippen LogP contribution in [0.15, 0.2) is 0 Å². The van der Waals surface area contributed by atoms with Crippen LogP contribution in [0.1, 0.15) is 33.1 Å². The predicted octanol–water partition coefficient (Wildman–Crippen LogP) is 1.43. The van der Waals surface area contributed by atoms with Crippen molar-refractivity contribution in [2.75, 3.05) is 12.0 Å². The van der Waals surface area contributed by atoms with E-state index in [9.17, 15) is 13.2 Å². The lowest BCUT2D eigenvalue weighted by Gasteiger charge is -2.09. The fourth-order valence-corrected chi connectivity index (χ4v) is 1.95. The number of rotatable bonds is 6. The highest BCUT2D eigenvalue weighted by molar-refractivity contribution is 7.91. The third-order valence-corrected chi connectivity index (χ3v) is 2.94. The van der Waals surface area contributed by atoms with E-state index in [0.29, 0.717) is 12.3 Å². The van der Waals surface area contributed by atoms with Gasteiger partial charge in [-0.2, -0.15) is 0 Å². The Morgan fingerprint density at radius 3 is 2.00 bits per heavy atom. The molecule has 0 atom stereocenters. The SMILES string of the molecule is CCC(CC)CC(=O)CS(C)(=O)=O. The zero-order valence-corrected chi connectivity index (χ0v) is 9.36. The lowest BCUT2D eigenvalue weighted by atomic mass is 9.98. The maximum absolute atomic E-state index is 11.2. The third-order valence-electron chi connectivity index (χ3n) is 2.09. The number of hydrogen-bond donors (Lipinski definition) is 0. The van der Waals surface area contributed by atoms with Crippen LogP contribution in [-0.2, 0) is 14.6 Å². The maximum Gasteiger partial charge on any atom is 0.154 e. The number of ketones is 1. The number of sulfone groups is 1. The number of Topliss-reactive ketones (excluding diaryl/α,β-unsaturated/α-hetero) is 1. The summed E-state index contributed by atoms with van der Waals surface area (Å²) >= 11 is 0. The van der Waals surface area contributed by atoms with Gasteiger partial charge in [-0.05, 0) is 5.92 Å². The van der Waals surface area contributed by atoms with E-state index >= 15 is 0 Å². The molecule has 0 aromatic heterocycles. The van der Waals surface area contributed by atoms with Crippen molar-refractivity contribution in [1.82, 2.24) is 0 Å². The zero-order valence-electron chi connectivity index (χ0n) is 8.54. The molecule has 78 valence electrons. The molecule has 0 unspecified atom stereocenters. The van der Waals surface area contributed by atoms with Crippen molar-refractivity contribution in [3.63, 3.8) is 0 Å². The van der Waals surface area contributed by atoms with Gasteiger partial charge in [0.15, 0.2) is 9.84 Å². The van der Waals surface area contributed by atoms with Crippen LogP contribution in [0.5, 0.6) is 0 Å². The minimum Gasteiger partial charge on any atom is -0.299 e. The van der Waals surface area contributed by atoms with Gasteiger partial charge in [-0.25, -0.2) is 8.42 Å². The Bertz CT molecular complexity index is 250. The summed E-state index contributed by atoms with van der Waals surface area (Å²) in [5, 5.41) is 0. The predicted molar refractivity (Wildman–Crippen MR) is 53.4 cm³/mol. The van der Waals surface area contributed by atoms with E-state index in [1.165, 1.54) is 0 Å². The van der Waals surface area contributed by atoms with Gasteiger partial charge in [0.1, 0.15) is 11.5 Å². The van der Waals surface area contributed by atoms with E-state index in [1.54, 1.807) is 0 Å². The van der Waals surface area contributed by atoms with Gasteiger partial charge >= 0.3 is 0 Å². The molecule has 0 aliphatic rings. The Morgan fingerprint density at radius 2 is 1.69 bits per heavy atom. The van der Waals surface area contributed by atoms with Crippen molar-refractivity contribution in [3.8, 4) is 0 Å². The molecule has 0 radical (unpaired) electrons. The molecule has 0 rings (SSSR count). The highest BCUT2D eigenvalue weighted by atomic mass is 32.2. The summed E-state index contributed by atoms with van der Waals surface area (Å²) in [6, 6.07) is 0. The largest absolute Gasteiger partial charge is 0.299 e. The average Bonchev–Trinajstić information content (AvgIpc) is 1.96. The molecule has 0 bridgehead atoms. The Labute approximate surface area is 80.4 Å². The lowest BCUT2D eigenvalue weighted by molar-refractivity contribution is -0.117. The Hall–Kier alpha value is -0.380. The number of carbonyl (C=O) groups excluding carboxylic acids is 1. The first-order valence-electron chi connectivity index (χ1n) is 4.58. The minimum atomic E-state index is -3.13. The van der Waals surface area contributed by atoms with Crippen molar-refractivity contribution >= 4 is 15.6 Å². The smallest absolute Gasteiger partial charge is 0.154 e. The standard InChI is InChI=1S/C9H18O3S/c1-4-8(5-2)6-9(10)7-13(3,11)12/h8H,4-7H2,1-3H3. The zero-order chi connectivity index (χ0) is 10.5. The first-order chi connectivity index (χ1) is 5.89. The molecular formula is C9H18O3S. The molecule has 0 N–H and O–H groups in total. The van der Waals surface area contributed by atoms with Crippen LogP contribution in [0, 0.1) is 5.92 Å². The second kappa shape index (κ2) is 5.37. The van der Waals surface area contributed by atoms with Crippen LogP contribution >= 0.6 is 0 Å². The first kappa shape index (κ1) is 12.6. The van der Waals surface area contributed by atoms with Crippen LogP contribution in [0.2, 0.25) is 0 Å². The molecule has 13 heavy (non-hydrogen) atoms. The molecule has 0 fully saturated rings. The van der Waals surface area contributed by atoms with E-state index in [-0.39, 0.29) is 11.5 Å². The van der Waals surface area contributed by atoms with Crippen molar-refractivity contribution in [2.24, 2.45) is 5.92 Å². The van der Waals surface area contributed by atoms with E-state index in [0.717, 1.165) is 19.1 Å². The van der Waals surface area contributed by atoms with Crippen LogP contribution in [0.25, 0.3) is 0 Å². The van der Waals surface area contributed by atoms with Gasteiger partial charge in [-0.15, -0.1) is 0 Å². The van der Waals surface area contributed by atoms with E-state index in [4.69, 9.17) is 0 Å². The molecule has 0 aromatic carbocycles. The Morgan fingerprint density at radius 1 is 1.23 bits per heavy atom. The van der Waals surface area contributed by atoms with Crippen LogP contribution < -0.4 is 0 Å². The van der Waals surface area contributed by atoms with Crippen molar-refractivity contribution in [2.45, 2.75) is 33.1 Å². The summed E-state index contributed by atoms with van der Waals surface area (Å²) in [7, 11) is -3.13. The van der Waals surface area contributed by atoms with Gasteiger partial charge in [-0.3, -0.25) is 4.79 Å². The minimum absolute atomic E-state index is 0.156. The van der Waals surface area contributed by atoms with Gasteiger partial charge < -0.3 is 0 Å². The van der Waals surface area contributed by atoms with Gasteiger partial charge in [0.25, 0.3) is 0 Å². The first-order valence-corrected chi connectivity index (χ1v) is 6.64. The summed E-state index contributed by atoms with van der Waals surface area (Å²) in [6.07, 6.45) is 3.37. The average molecular weight is 206 g/mol. The number of carbonyl (C=O) groups is 1. The molecule has 3 nitrogen and oxygen atoms in total. The van der Waals surface area contributed by atoms with Crippen LogP contribution in [-0.4, -0.2) is 26.2 Å². The molecule has 0 aromatic rings. The summed E-state index contributed by atoms with van der Waals surface area (Å²) in [5.41, 5.74) is 0. The van der Waals surface area contributed by atoms with Crippen LogP contribution in [0.3, 0.4) is 0 Å². The highest BCUT2D eigenvalue weighted by Gasteiger charge is 2.14. The van der Waals surface area contributed by atoms with Gasteiger partial charge in [0.2, 0.25) is 0 Å². The molecular weight excluding hydrogens is 188 g/mol. The van der Waals surface area contributed by atoms with Gasteiger partial charge in [-0.1, -0.05) is 26.7 Å². The highest BCUT2D eigenvalue weighted by Crippen LogP contribution is 2.12. The summed E-state index contributed by atoms with van der Waals surface area (Å²) in [4.78, 5) is 11.2. The molecule has 0 spiro atoms. The summed E-state index contributed by atoms with van der Waals surface area (Å²) in [6.45, 7) is 4.03. The van der Waals surface area contributed by atoms with E-state index in [1.807, 2.05) is 13.8 Å². The van der Waals surface area contributed by atoms with E-state index < -0.39 is 9.84 Å². The van der Waals surface area contributed by atoms with Crippen molar-refractivity contribution in [3.05, 3.63) is 0 Å². The fraction of sp³-hybridized carbons (Fsp3) is 0.889. The normalized spacial score (nSPS) is 12.0. The molecule has 0 amide bonds. The molecule has 4 heteroatoms. The quantitative estimate of drug-likeness (QED) is 0.660. The molecule has 0 saturated heterocycles. The van der Waals surface area contributed by atoms with Gasteiger partial charge in [0.05, 0.1) is 0 Å². The third kappa shape index (κ3) is 6.75. The van der Waals surface area contributed by atoms with Crippen LogP contribution in [0.4, 0.5) is 0 Å². The Balaban J connectivity index is 4.01. The molecule has 0 heterocycles. The molecule has 0 saturated carbocycles. The monoisotopic (exact) mass is 206 g/mol. The van der Waals surface area contributed by atoms with Crippen molar-refractivity contribution in [1.29, 1.82) is 0 Å². The topological polar surface area (TPSA) is 51.2 Å². The molecule has 0 aliphatic heterocycles. The summed E-state index contributed by atoms with van der Waals surface area (Å²) < 4.78 is 21.6. The number of hydrogen-bond acceptors (Lipinski definition) is 3. The second-order valence-corrected chi connectivity index (χ2v) is 5.64. The van der Waals surface area contributed by atoms with Gasteiger partial charge in [0, 0.05) is 12.7 Å². The fourth-order valence-electron chi connectivity index (χ4n) is 1.25. The van der Waals surface area contributed by atoms with E-state index in [2.05, 4.69) is 0 Å². The lowest BCUT2D eigenvalue weighted by Crippen LogP contribution is -2.17. The molecule has 0 aliphatic carbocycles. The van der Waals surface area contributed by atoms with Crippen molar-refractivity contribution < 1.29 is 13.2 Å².